The maximum absolute atomic E-state index is 12.4. The molecule has 0 aliphatic heterocycles. The summed E-state index contributed by atoms with van der Waals surface area (Å²) in [6.45, 7) is 13.9. The number of hydrogen-bond donors (Lipinski definition) is 0. The van der Waals surface area contributed by atoms with Crippen LogP contribution in [0.1, 0.15) is 78.2 Å². The molecule has 3 rings (SSSR count). The average molecular weight is 399 g/mol. The van der Waals surface area contributed by atoms with Crippen molar-refractivity contribution in [3.63, 3.8) is 0 Å². The van der Waals surface area contributed by atoms with Crippen LogP contribution >= 0.6 is 0 Å². The first-order chi connectivity index (χ1) is 13.0. The van der Waals surface area contributed by atoms with Gasteiger partial charge in [0.1, 0.15) is 12.0 Å². The molecule has 2 nitrogen and oxygen atoms in total. The lowest BCUT2D eigenvalue weighted by molar-refractivity contribution is -0.129. The highest BCUT2D eigenvalue weighted by atomic mass is 28.4. The van der Waals surface area contributed by atoms with Crippen molar-refractivity contribution in [3.8, 4) is 0 Å². The summed E-state index contributed by atoms with van der Waals surface area (Å²) in [5.41, 5.74) is 2.47. The summed E-state index contributed by atoms with van der Waals surface area (Å²) in [6.07, 6.45) is 8.96. The van der Waals surface area contributed by atoms with Crippen molar-refractivity contribution in [1.29, 1.82) is 0 Å². The zero-order valence-electron chi connectivity index (χ0n) is 18.7. The smallest absolute Gasteiger partial charge is 0.250 e. The van der Waals surface area contributed by atoms with Crippen LogP contribution in [0.25, 0.3) is 5.76 Å². The molecular weight excluding hydrogens is 360 g/mol. The highest BCUT2D eigenvalue weighted by Crippen LogP contribution is 2.60. The van der Waals surface area contributed by atoms with E-state index in [0.717, 1.165) is 31.4 Å². The van der Waals surface area contributed by atoms with Crippen molar-refractivity contribution < 1.29 is 9.22 Å². The van der Waals surface area contributed by atoms with Crippen LogP contribution in [0.5, 0.6) is 0 Å². The third-order valence-corrected chi connectivity index (χ3v) is 12.4. The Morgan fingerprint density at radius 2 is 1.71 bits per heavy atom. The first-order valence-electron chi connectivity index (χ1n) is 11.0. The van der Waals surface area contributed by atoms with E-state index in [1.807, 2.05) is 0 Å². The molecule has 2 saturated carbocycles. The number of fused-ring (bicyclic) bond motifs is 1. The third-order valence-electron chi connectivity index (χ3n) is 8.06. The Labute approximate surface area is 172 Å². The van der Waals surface area contributed by atoms with Gasteiger partial charge in [-0.3, -0.25) is 0 Å². The van der Waals surface area contributed by atoms with Crippen LogP contribution < -0.4 is 0 Å². The molecule has 0 radical (unpaired) electrons. The van der Waals surface area contributed by atoms with Gasteiger partial charge in [0.15, 0.2) is 0 Å². The Balaban J connectivity index is 2.07. The van der Waals surface area contributed by atoms with Gasteiger partial charge in [0.25, 0.3) is 8.32 Å². The number of carbonyl (C=O) groups excluding carboxylic acids is 1. The van der Waals surface area contributed by atoms with Crippen molar-refractivity contribution in [3.05, 3.63) is 41.5 Å². The van der Waals surface area contributed by atoms with E-state index in [4.69, 9.17) is 4.43 Å². The zero-order valence-corrected chi connectivity index (χ0v) is 19.7. The first-order valence-corrected chi connectivity index (χ1v) is 13.9. The summed E-state index contributed by atoms with van der Waals surface area (Å²) in [5.74, 6) is 1.07. The molecule has 0 spiro atoms. The minimum atomic E-state index is -1.98. The molecule has 2 fully saturated rings. The molecule has 2 aliphatic carbocycles. The lowest BCUT2D eigenvalue weighted by Crippen LogP contribution is -2.47. The zero-order chi connectivity index (χ0) is 20.6. The van der Waals surface area contributed by atoms with Gasteiger partial charge in [0.05, 0.1) is 0 Å². The van der Waals surface area contributed by atoms with Crippen molar-refractivity contribution in [2.75, 3.05) is 0 Å². The van der Waals surface area contributed by atoms with Gasteiger partial charge in [-0.05, 0) is 61.2 Å². The summed E-state index contributed by atoms with van der Waals surface area (Å²) in [4.78, 5) is 12.4. The second-order valence-electron chi connectivity index (χ2n) is 10.9. The lowest BCUT2D eigenvalue weighted by Gasteiger charge is -2.53. The molecule has 0 N–H and O–H groups in total. The lowest BCUT2D eigenvalue weighted by atomic mass is 9.50. The highest BCUT2D eigenvalue weighted by Gasteiger charge is 2.52. The van der Waals surface area contributed by atoms with E-state index in [-0.39, 0.29) is 15.9 Å². The van der Waals surface area contributed by atoms with E-state index in [9.17, 15) is 4.79 Å². The van der Waals surface area contributed by atoms with Gasteiger partial charge in [-0.2, -0.15) is 0 Å². The fraction of sp³-hybridized carbons (Fsp3) is 0.640. The quantitative estimate of drug-likeness (QED) is 0.301. The molecule has 154 valence electrons. The van der Waals surface area contributed by atoms with E-state index in [0.29, 0.717) is 0 Å². The summed E-state index contributed by atoms with van der Waals surface area (Å²) in [6, 6.07) is 10.6. The van der Waals surface area contributed by atoms with Crippen molar-refractivity contribution >= 4 is 20.4 Å². The maximum atomic E-state index is 12.4. The predicted molar refractivity (Wildman–Crippen MR) is 121 cm³/mol. The Morgan fingerprint density at radius 3 is 2.32 bits per heavy atom. The normalized spacial score (nSPS) is 30.4. The summed E-state index contributed by atoms with van der Waals surface area (Å²) < 4.78 is 6.93. The van der Waals surface area contributed by atoms with Gasteiger partial charge in [-0.1, -0.05) is 70.9 Å². The fourth-order valence-corrected chi connectivity index (χ4v) is 5.93. The summed E-state index contributed by atoms with van der Waals surface area (Å²) in [7, 11) is -1.98. The van der Waals surface area contributed by atoms with Crippen molar-refractivity contribution in [1.82, 2.24) is 0 Å². The molecule has 28 heavy (non-hydrogen) atoms. The molecule has 1 aromatic rings. The van der Waals surface area contributed by atoms with Gasteiger partial charge in [-0.15, -0.1) is 0 Å². The summed E-state index contributed by atoms with van der Waals surface area (Å²) >= 11 is 0. The molecule has 2 atom stereocenters. The van der Waals surface area contributed by atoms with Gasteiger partial charge in [0, 0.05) is 11.0 Å². The molecule has 0 heterocycles. The van der Waals surface area contributed by atoms with E-state index < -0.39 is 8.32 Å². The van der Waals surface area contributed by atoms with Crippen LogP contribution in [0, 0.1) is 10.8 Å². The average Bonchev–Trinajstić information content (AvgIpc) is 2.65. The topological polar surface area (TPSA) is 26.3 Å². The maximum Gasteiger partial charge on any atom is 0.250 e. The number of benzene rings is 1. The largest absolute Gasteiger partial charge is 0.543 e. The minimum absolute atomic E-state index is 0.143. The standard InChI is InChI=1S/C25H38O2Si/c1-23(2,3)28(5,6)27-22(20-12-8-7-9-13-20)21-14-17-24(4)15-10-11-16-25(24,18-21)19-26/h7-9,12-13,19H,10-11,14-18H2,1-6H3/b22-21+/t24-,25-/m1/s1. The van der Waals surface area contributed by atoms with E-state index in [1.54, 1.807) is 0 Å². The van der Waals surface area contributed by atoms with Gasteiger partial charge < -0.3 is 9.22 Å². The van der Waals surface area contributed by atoms with Crippen LogP contribution in [0.3, 0.4) is 0 Å². The summed E-state index contributed by atoms with van der Waals surface area (Å²) in [5, 5.41) is 0.143. The molecule has 0 unspecified atom stereocenters. The monoisotopic (exact) mass is 398 g/mol. The molecular formula is C25H38O2Si. The Bertz CT molecular complexity index is 744. The van der Waals surface area contributed by atoms with Crippen LogP contribution in [0.15, 0.2) is 35.9 Å². The molecule has 0 amide bonds. The van der Waals surface area contributed by atoms with E-state index >= 15 is 0 Å². The van der Waals surface area contributed by atoms with E-state index in [2.05, 4.69) is 71.1 Å². The Hall–Kier alpha value is -1.35. The Kier molecular flexibility index (Phi) is 5.70. The molecule has 3 heteroatoms. The third kappa shape index (κ3) is 3.75. The van der Waals surface area contributed by atoms with Crippen LogP contribution in [-0.2, 0) is 9.22 Å². The van der Waals surface area contributed by atoms with Gasteiger partial charge in [-0.25, -0.2) is 0 Å². The molecule has 0 aromatic heterocycles. The fourth-order valence-electron chi connectivity index (χ4n) is 4.85. The molecule has 2 aliphatic rings. The predicted octanol–water partition coefficient (Wildman–Crippen LogP) is 7.37. The highest BCUT2D eigenvalue weighted by molar-refractivity contribution is 6.74. The van der Waals surface area contributed by atoms with E-state index in [1.165, 1.54) is 36.7 Å². The van der Waals surface area contributed by atoms with Crippen molar-refractivity contribution in [2.45, 2.75) is 90.8 Å². The number of allylic oxidation sites excluding steroid dienone is 1. The first kappa shape index (κ1) is 21.4. The minimum Gasteiger partial charge on any atom is -0.543 e. The van der Waals surface area contributed by atoms with Crippen molar-refractivity contribution in [2.24, 2.45) is 10.8 Å². The Morgan fingerprint density at radius 1 is 1.07 bits per heavy atom. The molecule has 0 saturated heterocycles. The second kappa shape index (κ2) is 7.48. The number of carbonyl (C=O) groups is 1. The molecule has 1 aromatic carbocycles. The number of aldehydes is 1. The van der Waals surface area contributed by atoms with Gasteiger partial charge in [0.2, 0.25) is 0 Å². The van der Waals surface area contributed by atoms with Crippen LogP contribution in [0.4, 0.5) is 0 Å². The number of hydrogen-bond acceptors (Lipinski definition) is 2. The van der Waals surface area contributed by atoms with Gasteiger partial charge >= 0.3 is 0 Å². The molecule has 0 bridgehead atoms. The SMILES string of the molecule is CC(C)(C)[Si](C)(C)O/C(=C1\CC[C@@]2(C)CCCC[C@]2(C=O)C1)c1ccccc1. The van der Waals surface area contributed by atoms with Crippen LogP contribution in [-0.4, -0.2) is 14.6 Å². The second-order valence-corrected chi connectivity index (χ2v) is 15.6. The number of rotatable bonds is 4. The van der Waals surface area contributed by atoms with Crippen LogP contribution in [0.2, 0.25) is 18.1 Å².